The maximum Gasteiger partial charge on any atom is 0.326 e. The zero-order chi connectivity index (χ0) is 9.90. The molecule has 0 amide bonds. The summed E-state index contributed by atoms with van der Waals surface area (Å²) in [6.07, 6.45) is 4.03. The summed E-state index contributed by atoms with van der Waals surface area (Å²) in [6, 6.07) is 0. The van der Waals surface area contributed by atoms with Crippen molar-refractivity contribution in [3.8, 4) is 0 Å². The van der Waals surface area contributed by atoms with E-state index in [9.17, 15) is 4.79 Å². The topological polar surface area (TPSA) is 52.3 Å². The van der Waals surface area contributed by atoms with Crippen LogP contribution >= 0.6 is 0 Å². The number of ether oxygens (including phenoxy) is 1. The van der Waals surface area contributed by atoms with Gasteiger partial charge in [-0.25, -0.2) is 0 Å². The molecule has 2 unspecified atom stereocenters. The summed E-state index contributed by atoms with van der Waals surface area (Å²) in [5.41, 5.74) is 5.34. The van der Waals surface area contributed by atoms with Gasteiger partial charge < -0.3 is 10.5 Å². The molecule has 0 spiro atoms. The first kappa shape index (κ1) is 10.5. The van der Waals surface area contributed by atoms with Gasteiger partial charge in [0.05, 0.1) is 6.61 Å². The molecule has 2 N–H and O–H groups in total. The molecule has 0 radical (unpaired) electrons. The molecular formula is C10H19NO2. The highest BCUT2D eigenvalue weighted by Gasteiger charge is 2.42. The Morgan fingerprint density at radius 3 is 2.85 bits per heavy atom. The Balaban J connectivity index is 2.65. The Morgan fingerprint density at radius 1 is 1.62 bits per heavy atom. The van der Waals surface area contributed by atoms with Gasteiger partial charge in [-0.3, -0.25) is 4.79 Å². The Labute approximate surface area is 79.6 Å². The Morgan fingerprint density at radius 2 is 2.31 bits per heavy atom. The molecule has 0 aliphatic heterocycles. The third-order valence-corrected chi connectivity index (χ3v) is 3.01. The van der Waals surface area contributed by atoms with Crippen molar-refractivity contribution in [2.24, 2.45) is 11.7 Å². The summed E-state index contributed by atoms with van der Waals surface area (Å²) in [6.45, 7) is 4.27. The fraction of sp³-hybridized carbons (Fsp3) is 0.900. The molecule has 1 rings (SSSR count). The second kappa shape index (κ2) is 4.09. The highest BCUT2D eigenvalue weighted by Crippen LogP contribution is 2.32. The lowest BCUT2D eigenvalue weighted by atomic mass is 9.74. The number of hydrogen-bond acceptors (Lipinski definition) is 3. The molecule has 0 heterocycles. The summed E-state index contributed by atoms with van der Waals surface area (Å²) in [4.78, 5) is 11.6. The van der Waals surface area contributed by atoms with Crippen LogP contribution in [-0.2, 0) is 9.53 Å². The predicted molar refractivity (Wildman–Crippen MR) is 51.2 cm³/mol. The molecule has 3 heteroatoms. The van der Waals surface area contributed by atoms with Crippen molar-refractivity contribution in [2.75, 3.05) is 6.61 Å². The maximum atomic E-state index is 11.6. The fourth-order valence-electron chi connectivity index (χ4n) is 1.94. The van der Waals surface area contributed by atoms with E-state index in [2.05, 4.69) is 0 Å². The van der Waals surface area contributed by atoms with Crippen molar-refractivity contribution in [3.63, 3.8) is 0 Å². The van der Waals surface area contributed by atoms with Crippen molar-refractivity contribution >= 4 is 5.97 Å². The van der Waals surface area contributed by atoms with E-state index in [0.717, 1.165) is 19.3 Å². The highest BCUT2D eigenvalue weighted by molar-refractivity contribution is 5.81. The summed E-state index contributed by atoms with van der Waals surface area (Å²) in [7, 11) is 0. The number of carbonyl (C=O) groups excluding carboxylic acids is 1. The summed E-state index contributed by atoms with van der Waals surface area (Å²) in [5, 5.41) is 0. The van der Waals surface area contributed by atoms with Crippen molar-refractivity contribution < 1.29 is 9.53 Å². The molecule has 1 saturated carbocycles. The predicted octanol–water partition coefficient (Wildman–Crippen LogP) is 1.46. The van der Waals surface area contributed by atoms with Crippen LogP contribution in [0.4, 0.5) is 0 Å². The molecule has 0 saturated heterocycles. The molecule has 3 nitrogen and oxygen atoms in total. The standard InChI is InChI=1S/C10H19NO2/c1-3-13-9(12)10(11)7-5-4-6-8(10)2/h8H,3-7,11H2,1-2H3. The molecule has 13 heavy (non-hydrogen) atoms. The van der Waals surface area contributed by atoms with Crippen LogP contribution in [0, 0.1) is 5.92 Å². The zero-order valence-corrected chi connectivity index (χ0v) is 8.51. The molecule has 0 aromatic heterocycles. The molecule has 1 aliphatic carbocycles. The Kier molecular flexibility index (Phi) is 3.31. The zero-order valence-electron chi connectivity index (χ0n) is 8.51. The lowest BCUT2D eigenvalue weighted by molar-refractivity contribution is -0.153. The van der Waals surface area contributed by atoms with Gasteiger partial charge >= 0.3 is 5.97 Å². The quantitative estimate of drug-likeness (QED) is 0.662. The largest absolute Gasteiger partial charge is 0.465 e. The molecule has 1 fully saturated rings. The van der Waals surface area contributed by atoms with Gasteiger partial charge in [0, 0.05) is 0 Å². The third-order valence-electron chi connectivity index (χ3n) is 3.01. The van der Waals surface area contributed by atoms with Crippen molar-refractivity contribution in [2.45, 2.75) is 45.1 Å². The Hall–Kier alpha value is -0.570. The number of esters is 1. The van der Waals surface area contributed by atoms with E-state index in [0.29, 0.717) is 6.61 Å². The van der Waals surface area contributed by atoms with Crippen LogP contribution < -0.4 is 5.73 Å². The van der Waals surface area contributed by atoms with Crippen LogP contribution in [0.5, 0.6) is 0 Å². The second-order valence-corrected chi connectivity index (χ2v) is 3.91. The first-order valence-corrected chi connectivity index (χ1v) is 5.07. The number of hydrogen-bond donors (Lipinski definition) is 1. The monoisotopic (exact) mass is 185 g/mol. The van der Waals surface area contributed by atoms with E-state index in [4.69, 9.17) is 10.5 Å². The first-order valence-electron chi connectivity index (χ1n) is 5.07. The average molecular weight is 185 g/mol. The minimum atomic E-state index is -0.714. The summed E-state index contributed by atoms with van der Waals surface area (Å²) < 4.78 is 4.99. The van der Waals surface area contributed by atoms with Crippen LogP contribution in [0.25, 0.3) is 0 Å². The van der Waals surface area contributed by atoms with Crippen LogP contribution in [0.3, 0.4) is 0 Å². The summed E-state index contributed by atoms with van der Waals surface area (Å²) in [5.74, 6) is 0.0301. The molecule has 2 atom stereocenters. The number of carbonyl (C=O) groups is 1. The van der Waals surface area contributed by atoms with Gasteiger partial charge in [0.25, 0.3) is 0 Å². The Bertz CT molecular complexity index is 193. The van der Waals surface area contributed by atoms with Gasteiger partial charge in [-0.05, 0) is 25.7 Å². The van der Waals surface area contributed by atoms with Crippen LogP contribution in [0.15, 0.2) is 0 Å². The summed E-state index contributed by atoms with van der Waals surface area (Å²) >= 11 is 0. The van der Waals surface area contributed by atoms with E-state index in [1.54, 1.807) is 0 Å². The van der Waals surface area contributed by atoms with Crippen LogP contribution in [-0.4, -0.2) is 18.1 Å². The smallest absolute Gasteiger partial charge is 0.326 e. The van der Waals surface area contributed by atoms with Gasteiger partial charge in [-0.15, -0.1) is 0 Å². The highest BCUT2D eigenvalue weighted by atomic mass is 16.5. The lowest BCUT2D eigenvalue weighted by Gasteiger charge is -2.36. The SMILES string of the molecule is CCOC(=O)C1(N)CCCCC1C. The van der Waals surface area contributed by atoms with Crippen molar-refractivity contribution in [1.82, 2.24) is 0 Å². The molecule has 76 valence electrons. The maximum absolute atomic E-state index is 11.6. The van der Waals surface area contributed by atoms with E-state index in [-0.39, 0.29) is 11.9 Å². The second-order valence-electron chi connectivity index (χ2n) is 3.91. The number of rotatable bonds is 2. The van der Waals surface area contributed by atoms with Crippen molar-refractivity contribution in [3.05, 3.63) is 0 Å². The van der Waals surface area contributed by atoms with Gasteiger partial charge in [-0.1, -0.05) is 19.8 Å². The van der Waals surface area contributed by atoms with E-state index < -0.39 is 5.54 Å². The minimum absolute atomic E-state index is 0.220. The van der Waals surface area contributed by atoms with Gasteiger partial charge in [0.1, 0.15) is 5.54 Å². The van der Waals surface area contributed by atoms with E-state index >= 15 is 0 Å². The molecular weight excluding hydrogens is 166 g/mol. The van der Waals surface area contributed by atoms with Gasteiger partial charge in [0.15, 0.2) is 0 Å². The van der Waals surface area contributed by atoms with Crippen LogP contribution in [0.2, 0.25) is 0 Å². The van der Waals surface area contributed by atoms with Crippen molar-refractivity contribution in [1.29, 1.82) is 0 Å². The third kappa shape index (κ3) is 2.02. The molecule has 0 aromatic rings. The molecule has 1 aliphatic rings. The van der Waals surface area contributed by atoms with E-state index in [1.165, 1.54) is 6.42 Å². The average Bonchev–Trinajstić information content (AvgIpc) is 2.11. The van der Waals surface area contributed by atoms with Gasteiger partial charge in [-0.2, -0.15) is 0 Å². The molecule has 0 bridgehead atoms. The van der Waals surface area contributed by atoms with Gasteiger partial charge in [0.2, 0.25) is 0 Å². The first-order chi connectivity index (χ1) is 6.11. The van der Waals surface area contributed by atoms with E-state index in [1.807, 2.05) is 13.8 Å². The normalized spacial score (nSPS) is 34.2. The minimum Gasteiger partial charge on any atom is -0.465 e. The molecule has 0 aromatic carbocycles. The van der Waals surface area contributed by atoms with Crippen LogP contribution in [0.1, 0.15) is 39.5 Å². The fourth-order valence-corrected chi connectivity index (χ4v) is 1.94. The number of nitrogens with two attached hydrogens (primary N) is 1. The lowest BCUT2D eigenvalue weighted by Crippen LogP contribution is -2.55.